The highest BCUT2D eigenvalue weighted by molar-refractivity contribution is 6.30. The van der Waals surface area contributed by atoms with E-state index in [-0.39, 0.29) is 29.1 Å². The van der Waals surface area contributed by atoms with Crippen molar-refractivity contribution in [2.45, 2.75) is 31.7 Å². The summed E-state index contributed by atoms with van der Waals surface area (Å²) in [7, 11) is 0. The van der Waals surface area contributed by atoms with Gasteiger partial charge in [0, 0.05) is 12.1 Å². The van der Waals surface area contributed by atoms with Crippen molar-refractivity contribution in [3.63, 3.8) is 0 Å². The van der Waals surface area contributed by atoms with Crippen molar-refractivity contribution in [3.8, 4) is 0 Å². The molecule has 0 aliphatic carbocycles. The van der Waals surface area contributed by atoms with Crippen LogP contribution < -0.4 is 0 Å². The Morgan fingerprint density at radius 2 is 2.21 bits per heavy atom. The molecule has 1 atom stereocenters. The molecule has 0 aromatic heterocycles. The van der Waals surface area contributed by atoms with Gasteiger partial charge in [-0.15, -0.1) is 0 Å². The number of aliphatic hydroxyl groups excluding tert-OH is 1. The third-order valence-electron chi connectivity index (χ3n) is 3.52. The molecule has 1 unspecified atom stereocenters. The Bertz CT molecular complexity index is 467. The van der Waals surface area contributed by atoms with Gasteiger partial charge >= 0.3 is 0 Å². The van der Waals surface area contributed by atoms with E-state index in [1.54, 1.807) is 4.90 Å². The van der Waals surface area contributed by atoms with Crippen molar-refractivity contribution in [3.05, 3.63) is 34.6 Å². The number of rotatable bonds is 2. The second-order valence-corrected chi connectivity index (χ2v) is 5.22. The van der Waals surface area contributed by atoms with Gasteiger partial charge < -0.3 is 10.0 Å². The minimum absolute atomic E-state index is 0.00567. The first-order chi connectivity index (χ1) is 9.13. The van der Waals surface area contributed by atoms with Gasteiger partial charge in [0.15, 0.2) is 0 Å². The summed E-state index contributed by atoms with van der Waals surface area (Å²) in [5, 5.41) is 9.40. The van der Waals surface area contributed by atoms with Gasteiger partial charge in [0.2, 0.25) is 0 Å². The van der Waals surface area contributed by atoms with Gasteiger partial charge in [-0.05, 0) is 31.0 Å². The highest BCUT2D eigenvalue weighted by atomic mass is 35.5. The predicted octanol–water partition coefficient (Wildman–Crippen LogP) is 2.86. The first-order valence-electron chi connectivity index (χ1n) is 6.50. The summed E-state index contributed by atoms with van der Waals surface area (Å²) in [6, 6.07) is 3.89. The highest BCUT2D eigenvalue weighted by Gasteiger charge is 2.26. The fraction of sp³-hybridized carbons (Fsp3) is 0.500. The van der Waals surface area contributed by atoms with Crippen LogP contribution in [0.2, 0.25) is 5.02 Å². The van der Waals surface area contributed by atoms with Crippen molar-refractivity contribution >= 4 is 17.5 Å². The molecule has 2 rings (SSSR count). The average Bonchev–Trinajstić information content (AvgIpc) is 2.66. The molecule has 5 heteroatoms. The fourth-order valence-corrected chi connectivity index (χ4v) is 2.55. The molecule has 1 amide bonds. The molecule has 1 aliphatic rings. The second-order valence-electron chi connectivity index (χ2n) is 4.81. The standard InChI is InChI=1S/C14H17ClFNO2/c15-12-6-5-10(8-13(12)16)14(19)17-7-3-1-2-4-11(17)9-18/h5-6,8,11,18H,1-4,7,9H2. The van der Waals surface area contributed by atoms with Crippen LogP contribution in [0.5, 0.6) is 0 Å². The number of likely N-dealkylation sites (tertiary alicyclic amines) is 1. The smallest absolute Gasteiger partial charge is 0.254 e. The number of carbonyl (C=O) groups is 1. The summed E-state index contributed by atoms with van der Waals surface area (Å²) in [5.74, 6) is -0.834. The number of hydrogen-bond donors (Lipinski definition) is 1. The molecule has 1 fully saturated rings. The third-order valence-corrected chi connectivity index (χ3v) is 3.82. The Balaban J connectivity index is 2.22. The minimum atomic E-state index is -0.595. The van der Waals surface area contributed by atoms with Gasteiger partial charge in [-0.2, -0.15) is 0 Å². The Morgan fingerprint density at radius 3 is 2.89 bits per heavy atom. The number of hydrogen-bond acceptors (Lipinski definition) is 2. The summed E-state index contributed by atoms with van der Waals surface area (Å²) in [6.45, 7) is 0.552. The van der Waals surface area contributed by atoms with Crippen LogP contribution in [0, 0.1) is 5.82 Å². The lowest BCUT2D eigenvalue weighted by Crippen LogP contribution is -2.42. The van der Waals surface area contributed by atoms with Crippen molar-refractivity contribution in [1.29, 1.82) is 0 Å². The number of carbonyl (C=O) groups excluding carboxylic acids is 1. The van der Waals surface area contributed by atoms with E-state index in [4.69, 9.17) is 11.6 Å². The lowest BCUT2D eigenvalue weighted by Gasteiger charge is -2.28. The van der Waals surface area contributed by atoms with Crippen LogP contribution >= 0.6 is 11.6 Å². The lowest BCUT2D eigenvalue weighted by molar-refractivity contribution is 0.0599. The average molecular weight is 286 g/mol. The van der Waals surface area contributed by atoms with Gasteiger partial charge in [-0.1, -0.05) is 24.4 Å². The van der Waals surface area contributed by atoms with E-state index in [9.17, 15) is 14.3 Å². The summed E-state index contributed by atoms with van der Waals surface area (Å²) >= 11 is 5.61. The first kappa shape index (κ1) is 14.3. The van der Waals surface area contributed by atoms with Gasteiger partial charge in [0.25, 0.3) is 5.91 Å². The quantitative estimate of drug-likeness (QED) is 0.908. The van der Waals surface area contributed by atoms with Gasteiger partial charge in [0.05, 0.1) is 17.7 Å². The van der Waals surface area contributed by atoms with Gasteiger partial charge in [-0.25, -0.2) is 4.39 Å². The molecule has 3 nitrogen and oxygen atoms in total. The predicted molar refractivity (Wildman–Crippen MR) is 71.8 cm³/mol. The first-order valence-corrected chi connectivity index (χ1v) is 6.88. The molecule has 0 bridgehead atoms. The van der Waals surface area contributed by atoms with Crippen molar-refractivity contribution in [2.24, 2.45) is 0 Å². The van der Waals surface area contributed by atoms with E-state index in [1.807, 2.05) is 0 Å². The monoisotopic (exact) mass is 285 g/mol. The van der Waals surface area contributed by atoms with E-state index in [1.165, 1.54) is 12.1 Å². The van der Waals surface area contributed by atoms with Gasteiger partial charge in [0.1, 0.15) is 5.82 Å². The maximum Gasteiger partial charge on any atom is 0.254 e. The number of nitrogens with zero attached hydrogens (tertiary/aromatic N) is 1. The minimum Gasteiger partial charge on any atom is -0.394 e. The van der Waals surface area contributed by atoms with E-state index < -0.39 is 5.82 Å². The number of aliphatic hydroxyl groups is 1. The molecule has 1 aromatic rings. The third kappa shape index (κ3) is 3.25. The normalized spacial score (nSPS) is 20.2. The molecular weight excluding hydrogens is 269 g/mol. The Labute approximate surface area is 117 Å². The fourth-order valence-electron chi connectivity index (χ4n) is 2.43. The van der Waals surface area contributed by atoms with E-state index >= 15 is 0 Å². The van der Waals surface area contributed by atoms with Crippen LogP contribution in [0.1, 0.15) is 36.0 Å². The van der Waals surface area contributed by atoms with Crippen LogP contribution in [0.25, 0.3) is 0 Å². The Hall–Kier alpha value is -1.13. The summed E-state index contributed by atoms with van der Waals surface area (Å²) in [4.78, 5) is 14.0. The molecular formula is C14H17ClFNO2. The number of amides is 1. The van der Waals surface area contributed by atoms with Crippen LogP contribution in [-0.2, 0) is 0 Å². The molecule has 0 saturated carbocycles. The van der Waals surface area contributed by atoms with E-state index in [2.05, 4.69) is 0 Å². The molecule has 104 valence electrons. The summed E-state index contributed by atoms with van der Waals surface area (Å²) in [6.07, 6.45) is 3.76. The largest absolute Gasteiger partial charge is 0.394 e. The van der Waals surface area contributed by atoms with E-state index in [0.29, 0.717) is 6.54 Å². The van der Waals surface area contributed by atoms with Crippen molar-refractivity contribution in [2.75, 3.05) is 13.2 Å². The number of benzene rings is 1. The van der Waals surface area contributed by atoms with Crippen LogP contribution in [0.4, 0.5) is 4.39 Å². The topological polar surface area (TPSA) is 40.5 Å². The van der Waals surface area contributed by atoms with Crippen molar-refractivity contribution < 1.29 is 14.3 Å². The van der Waals surface area contributed by atoms with Gasteiger partial charge in [-0.3, -0.25) is 4.79 Å². The Morgan fingerprint density at radius 1 is 1.42 bits per heavy atom. The van der Waals surface area contributed by atoms with E-state index in [0.717, 1.165) is 31.7 Å². The molecule has 19 heavy (non-hydrogen) atoms. The Kier molecular flexibility index (Phi) is 4.77. The molecule has 0 spiro atoms. The molecule has 1 aromatic carbocycles. The zero-order valence-corrected chi connectivity index (χ0v) is 11.4. The maximum atomic E-state index is 13.4. The molecule has 1 saturated heterocycles. The summed E-state index contributed by atoms with van der Waals surface area (Å²) < 4.78 is 13.4. The van der Waals surface area contributed by atoms with Crippen LogP contribution in [-0.4, -0.2) is 35.1 Å². The molecule has 1 aliphatic heterocycles. The lowest BCUT2D eigenvalue weighted by atomic mass is 10.1. The molecule has 1 heterocycles. The molecule has 1 N–H and O–H groups in total. The zero-order valence-electron chi connectivity index (χ0n) is 10.6. The van der Waals surface area contributed by atoms with Crippen molar-refractivity contribution in [1.82, 2.24) is 4.90 Å². The second kappa shape index (κ2) is 6.35. The van der Waals surface area contributed by atoms with Crippen LogP contribution in [0.15, 0.2) is 18.2 Å². The number of halogens is 2. The SMILES string of the molecule is O=C(c1ccc(Cl)c(F)c1)N1CCCCCC1CO. The maximum absolute atomic E-state index is 13.4. The van der Waals surface area contributed by atoms with Crippen LogP contribution in [0.3, 0.4) is 0 Å². The molecule has 0 radical (unpaired) electrons. The highest BCUT2D eigenvalue weighted by Crippen LogP contribution is 2.21. The zero-order chi connectivity index (χ0) is 13.8. The summed E-state index contributed by atoms with van der Waals surface area (Å²) in [5.41, 5.74) is 0.280.